The van der Waals surface area contributed by atoms with Gasteiger partial charge in [0.15, 0.2) is 0 Å². The lowest BCUT2D eigenvalue weighted by Gasteiger charge is -2.41. The summed E-state index contributed by atoms with van der Waals surface area (Å²) in [4.78, 5) is 4.16. The maximum Gasteiger partial charge on any atom is 0.213 e. The van der Waals surface area contributed by atoms with Gasteiger partial charge in [0.1, 0.15) is 0 Å². The molecule has 1 aromatic rings. The minimum atomic E-state index is 0.383. The Morgan fingerprint density at radius 2 is 2.05 bits per heavy atom. The van der Waals surface area contributed by atoms with E-state index in [0.29, 0.717) is 17.3 Å². The topological polar surface area (TPSA) is 34.1 Å². The molecule has 1 heterocycles. The first-order chi connectivity index (χ1) is 9.50. The molecule has 3 heteroatoms. The monoisotopic (exact) mass is 276 g/mol. The lowest BCUT2D eigenvalue weighted by molar-refractivity contribution is 0.130. The Morgan fingerprint density at radius 1 is 1.30 bits per heavy atom. The van der Waals surface area contributed by atoms with Crippen molar-refractivity contribution in [3.8, 4) is 5.88 Å². The van der Waals surface area contributed by atoms with Crippen molar-refractivity contribution in [3.05, 3.63) is 23.9 Å². The molecule has 0 radical (unpaired) electrons. The van der Waals surface area contributed by atoms with Crippen LogP contribution in [-0.4, -0.2) is 18.1 Å². The number of aromatic nitrogens is 1. The average Bonchev–Trinajstić information content (AvgIpc) is 2.44. The number of hydrogen-bond acceptors (Lipinski definition) is 3. The van der Waals surface area contributed by atoms with Gasteiger partial charge in [0.2, 0.25) is 5.88 Å². The Labute approximate surface area is 123 Å². The molecular weight excluding hydrogens is 248 g/mol. The zero-order chi connectivity index (χ0) is 14.6. The van der Waals surface area contributed by atoms with E-state index >= 15 is 0 Å². The van der Waals surface area contributed by atoms with E-state index in [-0.39, 0.29) is 0 Å². The van der Waals surface area contributed by atoms with E-state index in [9.17, 15) is 0 Å². The van der Waals surface area contributed by atoms with Gasteiger partial charge in [-0.25, -0.2) is 4.98 Å². The van der Waals surface area contributed by atoms with Crippen molar-refractivity contribution < 1.29 is 4.74 Å². The third-order valence-corrected chi connectivity index (χ3v) is 4.46. The number of nitrogens with one attached hydrogen (secondary N) is 1. The van der Waals surface area contributed by atoms with Crippen molar-refractivity contribution in [2.45, 2.75) is 59.0 Å². The molecule has 0 bridgehead atoms. The summed E-state index contributed by atoms with van der Waals surface area (Å²) < 4.78 is 5.18. The molecule has 2 unspecified atom stereocenters. The number of hydrogen-bond donors (Lipinski definition) is 1. The van der Waals surface area contributed by atoms with Gasteiger partial charge in [-0.05, 0) is 35.8 Å². The molecule has 0 saturated heterocycles. The van der Waals surface area contributed by atoms with Crippen LogP contribution in [0.15, 0.2) is 18.3 Å². The molecule has 112 valence electrons. The van der Waals surface area contributed by atoms with E-state index in [1.165, 1.54) is 31.2 Å². The van der Waals surface area contributed by atoms with Crippen molar-refractivity contribution in [1.29, 1.82) is 0 Å². The summed E-state index contributed by atoms with van der Waals surface area (Å²) in [5.41, 5.74) is 1.63. The van der Waals surface area contributed by atoms with Crippen LogP contribution in [0.4, 0.5) is 0 Å². The molecule has 2 atom stereocenters. The Hall–Kier alpha value is -1.09. The first kappa shape index (κ1) is 15.3. The smallest absolute Gasteiger partial charge is 0.213 e. The standard InChI is InChI=1S/C17H28N2O/c1-17(2,3)14-7-5-6-8-15(14)19-12-13-9-10-18-16(11-13)20-4/h9-11,14-15,19H,5-8,12H2,1-4H3. The molecule has 0 aliphatic heterocycles. The summed E-state index contributed by atoms with van der Waals surface area (Å²) in [5.74, 6) is 1.46. The van der Waals surface area contributed by atoms with Gasteiger partial charge in [-0.1, -0.05) is 33.6 Å². The van der Waals surface area contributed by atoms with Crippen molar-refractivity contribution in [2.24, 2.45) is 11.3 Å². The van der Waals surface area contributed by atoms with Crippen LogP contribution in [0.2, 0.25) is 0 Å². The van der Waals surface area contributed by atoms with Crippen molar-refractivity contribution >= 4 is 0 Å². The first-order valence-electron chi connectivity index (χ1n) is 7.73. The van der Waals surface area contributed by atoms with Gasteiger partial charge in [0, 0.05) is 24.8 Å². The van der Waals surface area contributed by atoms with Crippen LogP contribution >= 0.6 is 0 Å². The van der Waals surface area contributed by atoms with Gasteiger partial charge in [-0.15, -0.1) is 0 Å². The van der Waals surface area contributed by atoms with Crippen LogP contribution in [0.3, 0.4) is 0 Å². The number of pyridine rings is 1. The predicted octanol–water partition coefficient (Wildman–Crippen LogP) is 3.78. The minimum absolute atomic E-state index is 0.383. The first-order valence-corrected chi connectivity index (χ1v) is 7.73. The molecule has 3 nitrogen and oxygen atoms in total. The quantitative estimate of drug-likeness (QED) is 0.908. The fourth-order valence-electron chi connectivity index (χ4n) is 3.33. The second-order valence-electron chi connectivity index (χ2n) is 6.95. The lowest BCUT2D eigenvalue weighted by Crippen LogP contribution is -2.43. The second-order valence-corrected chi connectivity index (χ2v) is 6.95. The van der Waals surface area contributed by atoms with Gasteiger partial charge in [-0.3, -0.25) is 0 Å². The van der Waals surface area contributed by atoms with E-state index in [2.05, 4.69) is 37.1 Å². The van der Waals surface area contributed by atoms with Gasteiger partial charge < -0.3 is 10.1 Å². The minimum Gasteiger partial charge on any atom is -0.481 e. The summed E-state index contributed by atoms with van der Waals surface area (Å²) in [5, 5.41) is 3.76. The van der Waals surface area contributed by atoms with Crippen LogP contribution < -0.4 is 10.1 Å². The van der Waals surface area contributed by atoms with Crippen molar-refractivity contribution in [2.75, 3.05) is 7.11 Å². The third-order valence-electron chi connectivity index (χ3n) is 4.46. The van der Waals surface area contributed by atoms with Gasteiger partial charge in [-0.2, -0.15) is 0 Å². The largest absolute Gasteiger partial charge is 0.481 e. The van der Waals surface area contributed by atoms with E-state index in [1.54, 1.807) is 7.11 Å². The fraction of sp³-hybridized carbons (Fsp3) is 0.706. The van der Waals surface area contributed by atoms with Crippen LogP contribution in [-0.2, 0) is 6.54 Å². The second kappa shape index (κ2) is 6.57. The zero-order valence-electron chi connectivity index (χ0n) is 13.3. The normalized spacial score (nSPS) is 23.6. The molecule has 0 amide bonds. The molecule has 1 N–H and O–H groups in total. The maximum absolute atomic E-state index is 5.18. The Morgan fingerprint density at radius 3 is 2.75 bits per heavy atom. The summed E-state index contributed by atoms with van der Waals surface area (Å²) in [7, 11) is 1.66. The van der Waals surface area contributed by atoms with Crippen LogP contribution in [0.1, 0.15) is 52.0 Å². The molecule has 1 aliphatic rings. The molecule has 0 aromatic carbocycles. The predicted molar refractivity (Wildman–Crippen MR) is 82.8 cm³/mol. The van der Waals surface area contributed by atoms with Crippen LogP contribution in [0, 0.1) is 11.3 Å². The van der Waals surface area contributed by atoms with Gasteiger partial charge in [0.25, 0.3) is 0 Å². The molecule has 1 aliphatic carbocycles. The highest BCUT2D eigenvalue weighted by molar-refractivity contribution is 5.20. The highest BCUT2D eigenvalue weighted by atomic mass is 16.5. The van der Waals surface area contributed by atoms with Crippen LogP contribution in [0.25, 0.3) is 0 Å². The molecule has 1 saturated carbocycles. The molecule has 1 fully saturated rings. The lowest BCUT2D eigenvalue weighted by atomic mass is 9.69. The number of rotatable bonds is 4. The summed E-state index contributed by atoms with van der Waals surface area (Å²) in [6.45, 7) is 8.00. The van der Waals surface area contributed by atoms with E-state index < -0.39 is 0 Å². The molecule has 0 spiro atoms. The number of ether oxygens (including phenoxy) is 1. The average molecular weight is 276 g/mol. The molecule has 20 heavy (non-hydrogen) atoms. The Balaban J connectivity index is 1.97. The highest BCUT2D eigenvalue weighted by Gasteiger charge is 2.33. The van der Waals surface area contributed by atoms with Gasteiger partial charge in [0.05, 0.1) is 7.11 Å². The Kier molecular flexibility index (Phi) is 5.03. The van der Waals surface area contributed by atoms with Gasteiger partial charge >= 0.3 is 0 Å². The summed E-state index contributed by atoms with van der Waals surface area (Å²) >= 11 is 0. The third kappa shape index (κ3) is 3.95. The van der Waals surface area contributed by atoms with E-state index in [1.807, 2.05) is 12.3 Å². The number of nitrogens with zero attached hydrogens (tertiary/aromatic N) is 1. The highest BCUT2D eigenvalue weighted by Crippen LogP contribution is 2.38. The summed E-state index contributed by atoms with van der Waals surface area (Å²) in [6, 6.07) is 4.70. The van der Waals surface area contributed by atoms with E-state index in [0.717, 1.165) is 12.5 Å². The SMILES string of the molecule is COc1cc(CNC2CCCCC2C(C)(C)C)ccn1. The zero-order valence-corrected chi connectivity index (χ0v) is 13.3. The molecule has 1 aromatic heterocycles. The van der Waals surface area contributed by atoms with E-state index in [4.69, 9.17) is 4.74 Å². The van der Waals surface area contributed by atoms with Crippen molar-refractivity contribution in [3.63, 3.8) is 0 Å². The summed E-state index contributed by atoms with van der Waals surface area (Å²) in [6.07, 6.45) is 7.19. The van der Waals surface area contributed by atoms with Crippen molar-refractivity contribution in [1.82, 2.24) is 10.3 Å². The fourth-order valence-corrected chi connectivity index (χ4v) is 3.33. The Bertz CT molecular complexity index is 425. The number of methoxy groups -OCH3 is 1. The van der Waals surface area contributed by atoms with Crippen LogP contribution in [0.5, 0.6) is 5.88 Å². The molecule has 2 rings (SSSR count). The molecular formula is C17H28N2O. The maximum atomic E-state index is 5.18.